The molecular weight excluding hydrogens is 278 g/mol. The normalized spacial score (nSPS) is 11.7. The number of benzene rings is 2. The van der Waals surface area contributed by atoms with Crippen molar-refractivity contribution in [2.45, 2.75) is 39.2 Å². The topological polar surface area (TPSA) is 12.0 Å². The molecule has 112 valence electrons. The minimum absolute atomic E-state index is 0.229. The van der Waals surface area contributed by atoms with Gasteiger partial charge in [-0.1, -0.05) is 62.7 Å². The smallest absolute Gasteiger partial charge is 0.0409 e. The van der Waals surface area contributed by atoms with Gasteiger partial charge in [-0.3, -0.25) is 0 Å². The lowest BCUT2D eigenvalue weighted by molar-refractivity contribution is 0.506. The van der Waals surface area contributed by atoms with Crippen LogP contribution >= 0.6 is 11.6 Å². The van der Waals surface area contributed by atoms with E-state index in [0.29, 0.717) is 0 Å². The van der Waals surface area contributed by atoms with Gasteiger partial charge in [0.15, 0.2) is 0 Å². The van der Waals surface area contributed by atoms with Crippen molar-refractivity contribution in [3.8, 4) is 11.1 Å². The number of hydrogen-bond donors (Lipinski definition) is 1. The Bertz CT molecular complexity index is 599. The van der Waals surface area contributed by atoms with Crippen LogP contribution in [-0.2, 0) is 12.0 Å². The summed E-state index contributed by atoms with van der Waals surface area (Å²) in [6.07, 6.45) is 1.14. The summed E-state index contributed by atoms with van der Waals surface area (Å²) < 4.78 is 0. The van der Waals surface area contributed by atoms with Gasteiger partial charge in [-0.25, -0.2) is 0 Å². The molecule has 0 aliphatic carbocycles. The number of rotatable bonds is 5. The Balaban J connectivity index is 2.39. The second-order valence-corrected chi connectivity index (χ2v) is 6.58. The average Bonchev–Trinajstić information content (AvgIpc) is 2.48. The van der Waals surface area contributed by atoms with Crippen molar-refractivity contribution in [3.05, 3.63) is 58.6 Å². The zero-order chi connectivity index (χ0) is 15.5. The van der Waals surface area contributed by atoms with E-state index in [9.17, 15) is 0 Å². The Morgan fingerprint density at radius 2 is 1.71 bits per heavy atom. The lowest BCUT2D eigenvalue weighted by Gasteiger charge is -2.23. The first-order chi connectivity index (χ1) is 9.97. The van der Waals surface area contributed by atoms with Crippen molar-refractivity contribution < 1.29 is 0 Å². The van der Waals surface area contributed by atoms with E-state index in [2.05, 4.69) is 56.4 Å². The largest absolute Gasteiger partial charge is 0.316 e. The third-order valence-electron chi connectivity index (χ3n) is 4.30. The summed E-state index contributed by atoms with van der Waals surface area (Å²) in [5, 5.41) is 3.99. The molecule has 21 heavy (non-hydrogen) atoms. The van der Waals surface area contributed by atoms with E-state index in [1.165, 1.54) is 22.3 Å². The summed E-state index contributed by atoms with van der Waals surface area (Å²) in [4.78, 5) is 0. The third kappa shape index (κ3) is 3.66. The number of halogens is 1. The average molecular weight is 302 g/mol. The molecule has 2 rings (SSSR count). The van der Waals surface area contributed by atoms with Crippen LogP contribution in [-0.4, -0.2) is 7.05 Å². The quantitative estimate of drug-likeness (QED) is 0.778. The van der Waals surface area contributed by atoms with Gasteiger partial charge in [0.2, 0.25) is 0 Å². The highest BCUT2D eigenvalue weighted by Crippen LogP contribution is 2.31. The molecule has 0 amide bonds. The van der Waals surface area contributed by atoms with Gasteiger partial charge in [0.05, 0.1) is 0 Å². The Hall–Kier alpha value is -1.31. The molecule has 0 radical (unpaired) electrons. The maximum atomic E-state index is 6.12. The van der Waals surface area contributed by atoms with Crippen LogP contribution in [0.2, 0.25) is 5.02 Å². The summed E-state index contributed by atoms with van der Waals surface area (Å²) in [6.45, 7) is 7.63. The van der Waals surface area contributed by atoms with Gasteiger partial charge in [-0.05, 0) is 53.3 Å². The maximum Gasteiger partial charge on any atom is 0.0409 e. The molecule has 0 aliphatic heterocycles. The SMILES string of the molecule is CCC(C)(C)c1ccc(-c2ccc(Cl)cc2CNC)cc1. The van der Waals surface area contributed by atoms with Crippen LogP contribution in [0.4, 0.5) is 0 Å². The van der Waals surface area contributed by atoms with Gasteiger partial charge in [0.25, 0.3) is 0 Å². The standard InChI is InChI=1S/C19H24ClN/c1-5-19(2,3)16-8-6-14(7-9-16)18-11-10-17(20)12-15(18)13-21-4/h6-12,21H,5,13H2,1-4H3. The predicted octanol–water partition coefficient (Wildman–Crippen LogP) is 5.41. The molecule has 0 saturated carbocycles. The Morgan fingerprint density at radius 3 is 2.29 bits per heavy atom. The summed E-state index contributed by atoms with van der Waals surface area (Å²) in [5.41, 5.74) is 5.33. The van der Waals surface area contributed by atoms with Crippen LogP contribution in [0.1, 0.15) is 38.3 Å². The molecule has 0 fully saturated rings. The zero-order valence-corrected chi connectivity index (χ0v) is 14.1. The van der Waals surface area contributed by atoms with E-state index in [1.807, 2.05) is 19.2 Å². The van der Waals surface area contributed by atoms with E-state index in [-0.39, 0.29) is 5.41 Å². The molecular formula is C19H24ClN. The van der Waals surface area contributed by atoms with E-state index in [1.54, 1.807) is 0 Å². The summed E-state index contributed by atoms with van der Waals surface area (Å²) in [5.74, 6) is 0. The van der Waals surface area contributed by atoms with Crippen LogP contribution in [0.5, 0.6) is 0 Å². The van der Waals surface area contributed by atoms with Gasteiger partial charge in [0, 0.05) is 11.6 Å². The maximum absolute atomic E-state index is 6.12. The highest BCUT2D eigenvalue weighted by atomic mass is 35.5. The van der Waals surface area contributed by atoms with Crippen molar-refractivity contribution in [2.75, 3.05) is 7.05 Å². The first kappa shape index (κ1) is 16.1. The highest BCUT2D eigenvalue weighted by Gasteiger charge is 2.17. The fourth-order valence-corrected chi connectivity index (χ4v) is 2.68. The lowest BCUT2D eigenvalue weighted by Crippen LogP contribution is -2.15. The molecule has 0 saturated heterocycles. The van der Waals surface area contributed by atoms with Crippen LogP contribution in [0.25, 0.3) is 11.1 Å². The lowest BCUT2D eigenvalue weighted by atomic mass is 9.81. The van der Waals surface area contributed by atoms with Gasteiger partial charge in [-0.2, -0.15) is 0 Å². The molecule has 2 heteroatoms. The van der Waals surface area contributed by atoms with Crippen molar-refractivity contribution in [1.29, 1.82) is 0 Å². The summed E-state index contributed by atoms with van der Waals surface area (Å²) >= 11 is 6.12. The van der Waals surface area contributed by atoms with Gasteiger partial charge in [-0.15, -0.1) is 0 Å². The molecule has 0 aliphatic rings. The third-order valence-corrected chi connectivity index (χ3v) is 4.53. The van der Waals surface area contributed by atoms with Crippen LogP contribution in [0.15, 0.2) is 42.5 Å². The molecule has 0 heterocycles. The second-order valence-electron chi connectivity index (χ2n) is 6.15. The number of hydrogen-bond acceptors (Lipinski definition) is 1. The van der Waals surface area contributed by atoms with E-state index >= 15 is 0 Å². The second kappa shape index (κ2) is 6.64. The number of nitrogens with one attached hydrogen (secondary N) is 1. The molecule has 0 unspecified atom stereocenters. The minimum atomic E-state index is 0.229. The van der Waals surface area contributed by atoms with E-state index < -0.39 is 0 Å². The molecule has 1 N–H and O–H groups in total. The van der Waals surface area contributed by atoms with Crippen molar-refractivity contribution in [1.82, 2.24) is 5.32 Å². The van der Waals surface area contributed by atoms with Crippen LogP contribution in [0, 0.1) is 0 Å². The van der Waals surface area contributed by atoms with Crippen LogP contribution in [0.3, 0.4) is 0 Å². The molecule has 0 spiro atoms. The predicted molar refractivity (Wildman–Crippen MR) is 93.0 cm³/mol. The molecule has 0 aromatic heterocycles. The fourth-order valence-electron chi connectivity index (χ4n) is 2.49. The summed E-state index contributed by atoms with van der Waals surface area (Å²) in [6, 6.07) is 15.0. The first-order valence-electron chi connectivity index (χ1n) is 7.52. The fraction of sp³-hybridized carbons (Fsp3) is 0.368. The Labute approximate surface area is 133 Å². The Kier molecular flexibility index (Phi) is 5.08. The van der Waals surface area contributed by atoms with E-state index in [4.69, 9.17) is 11.6 Å². The first-order valence-corrected chi connectivity index (χ1v) is 7.89. The molecule has 0 atom stereocenters. The molecule has 2 aromatic rings. The van der Waals surface area contributed by atoms with Crippen molar-refractivity contribution in [2.24, 2.45) is 0 Å². The van der Waals surface area contributed by atoms with Gasteiger partial charge in [0.1, 0.15) is 0 Å². The van der Waals surface area contributed by atoms with E-state index in [0.717, 1.165) is 18.0 Å². The van der Waals surface area contributed by atoms with Gasteiger partial charge < -0.3 is 5.32 Å². The molecule has 2 aromatic carbocycles. The van der Waals surface area contributed by atoms with Crippen molar-refractivity contribution in [3.63, 3.8) is 0 Å². The minimum Gasteiger partial charge on any atom is -0.316 e. The van der Waals surface area contributed by atoms with Gasteiger partial charge >= 0.3 is 0 Å². The molecule has 1 nitrogen and oxygen atoms in total. The highest BCUT2D eigenvalue weighted by molar-refractivity contribution is 6.30. The van der Waals surface area contributed by atoms with Crippen LogP contribution < -0.4 is 5.32 Å². The molecule has 0 bridgehead atoms. The Morgan fingerprint density at radius 1 is 1.05 bits per heavy atom. The van der Waals surface area contributed by atoms with Crippen molar-refractivity contribution >= 4 is 11.6 Å². The zero-order valence-electron chi connectivity index (χ0n) is 13.3. The monoisotopic (exact) mass is 301 g/mol. The summed E-state index contributed by atoms with van der Waals surface area (Å²) in [7, 11) is 1.96.